The molecular formula is C15H23N. The molecule has 0 aliphatic heterocycles. The van der Waals surface area contributed by atoms with Crippen LogP contribution in [0.25, 0.3) is 0 Å². The molecule has 0 radical (unpaired) electrons. The van der Waals surface area contributed by atoms with Gasteiger partial charge >= 0.3 is 0 Å². The molecule has 0 N–H and O–H groups in total. The summed E-state index contributed by atoms with van der Waals surface area (Å²) in [5, 5.41) is 0. The summed E-state index contributed by atoms with van der Waals surface area (Å²) in [6.45, 7) is 8.33. The van der Waals surface area contributed by atoms with E-state index in [1.54, 1.807) is 0 Å². The van der Waals surface area contributed by atoms with Gasteiger partial charge in [0.15, 0.2) is 0 Å². The Balaban J connectivity index is 0.000000606. The van der Waals surface area contributed by atoms with E-state index in [-0.39, 0.29) is 0 Å². The van der Waals surface area contributed by atoms with Crippen LogP contribution in [0.4, 0.5) is 0 Å². The molecule has 1 atom stereocenters. The molecule has 1 aliphatic rings. The predicted octanol–water partition coefficient (Wildman–Crippen LogP) is 4.64. The second-order valence-corrected chi connectivity index (χ2v) is 4.13. The van der Waals surface area contributed by atoms with Gasteiger partial charge in [0.2, 0.25) is 0 Å². The first kappa shape index (κ1) is 13.0. The van der Waals surface area contributed by atoms with Crippen LogP contribution < -0.4 is 0 Å². The second-order valence-electron chi connectivity index (χ2n) is 4.13. The van der Waals surface area contributed by atoms with Crippen LogP contribution in [0.2, 0.25) is 0 Å². The highest BCUT2D eigenvalue weighted by molar-refractivity contribution is 5.86. The van der Waals surface area contributed by atoms with Crippen LogP contribution in [0, 0.1) is 5.92 Å². The maximum atomic E-state index is 4.73. The van der Waals surface area contributed by atoms with Gasteiger partial charge in [-0.05, 0) is 38.2 Å². The highest BCUT2D eigenvalue weighted by Crippen LogP contribution is 2.31. The highest BCUT2D eigenvalue weighted by Gasteiger charge is 2.24. The lowest BCUT2D eigenvalue weighted by molar-refractivity contribution is 0.810. The fraction of sp³-hybridized carbons (Fsp3) is 0.533. The van der Waals surface area contributed by atoms with Crippen LogP contribution >= 0.6 is 0 Å². The lowest BCUT2D eigenvalue weighted by atomic mass is 10.1. The van der Waals surface area contributed by atoms with Crippen LogP contribution in [0.15, 0.2) is 35.3 Å². The Hall–Kier alpha value is -1.11. The third kappa shape index (κ3) is 3.80. The van der Waals surface area contributed by atoms with Crippen molar-refractivity contribution in [3.8, 4) is 0 Å². The number of hydrogen-bond donors (Lipinski definition) is 0. The molecule has 2 rings (SSSR count). The Kier molecular flexibility index (Phi) is 5.24. The molecule has 1 fully saturated rings. The van der Waals surface area contributed by atoms with E-state index in [1.807, 2.05) is 19.9 Å². The fourth-order valence-corrected chi connectivity index (χ4v) is 1.72. The minimum absolute atomic E-state index is 0.316. The largest absolute Gasteiger partial charge is 0.286 e. The first-order valence-electron chi connectivity index (χ1n) is 6.36. The lowest BCUT2D eigenvalue weighted by Gasteiger charge is -2.08. The number of nitrogens with zero attached hydrogens (tertiary/aromatic N) is 1. The van der Waals surface area contributed by atoms with Crippen LogP contribution in [-0.2, 0) is 0 Å². The molecule has 16 heavy (non-hydrogen) atoms. The zero-order valence-corrected chi connectivity index (χ0v) is 10.9. The number of benzene rings is 1. The molecule has 0 bridgehead atoms. The average Bonchev–Trinajstić information content (AvgIpc) is 3.16. The van der Waals surface area contributed by atoms with Gasteiger partial charge in [-0.2, -0.15) is 0 Å². The summed E-state index contributed by atoms with van der Waals surface area (Å²) in [4.78, 5) is 4.73. The van der Waals surface area contributed by atoms with Crippen molar-refractivity contribution in [2.75, 3.05) is 0 Å². The fourth-order valence-electron chi connectivity index (χ4n) is 1.72. The van der Waals surface area contributed by atoms with E-state index in [0.29, 0.717) is 6.04 Å². The normalized spacial score (nSPS) is 17.4. The zero-order valence-electron chi connectivity index (χ0n) is 10.9. The number of rotatable bonds is 3. The molecule has 0 amide bonds. The molecule has 0 heterocycles. The summed E-state index contributed by atoms with van der Waals surface area (Å²) in [7, 11) is 0. The molecule has 1 aromatic rings. The molecule has 1 saturated carbocycles. The Bertz CT molecular complexity index is 323. The van der Waals surface area contributed by atoms with Gasteiger partial charge in [0.05, 0.1) is 6.04 Å². The van der Waals surface area contributed by atoms with E-state index in [0.717, 1.165) is 5.92 Å². The van der Waals surface area contributed by atoms with Crippen molar-refractivity contribution in [1.82, 2.24) is 0 Å². The maximum Gasteiger partial charge on any atom is 0.0720 e. The van der Waals surface area contributed by atoms with E-state index >= 15 is 0 Å². The SMILES string of the molecule is CC.CC(=N[C@@H](C)c1ccccc1)C1CC1. The standard InChI is InChI=1S/C13H17N.C2H6/c1-10(12-6-4-3-5-7-12)14-11(2)13-8-9-13;1-2/h3-7,10,13H,8-9H2,1-2H3;1-2H3/t10-;/m0./s1. The van der Waals surface area contributed by atoms with E-state index in [9.17, 15) is 0 Å². The quantitative estimate of drug-likeness (QED) is 0.654. The smallest absolute Gasteiger partial charge is 0.0720 e. The van der Waals surface area contributed by atoms with Crippen LogP contribution in [0.5, 0.6) is 0 Å². The molecule has 0 aromatic heterocycles. The Labute approximate surface area is 99.6 Å². The van der Waals surface area contributed by atoms with Gasteiger partial charge in [-0.25, -0.2) is 0 Å². The summed E-state index contributed by atoms with van der Waals surface area (Å²) in [6.07, 6.45) is 2.69. The van der Waals surface area contributed by atoms with Gasteiger partial charge in [-0.15, -0.1) is 0 Å². The van der Waals surface area contributed by atoms with E-state index in [1.165, 1.54) is 24.1 Å². The van der Waals surface area contributed by atoms with Crippen LogP contribution in [0.3, 0.4) is 0 Å². The topological polar surface area (TPSA) is 12.4 Å². The van der Waals surface area contributed by atoms with Crippen molar-refractivity contribution in [2.45, 2.75) is 46.6 Å². The molecule has 1 nitrogen and oxygen atoms in total. The summed E-state index contributed by atoms with van der Waals surface area (Å²) < 4.78 is 0. The Morgan fingerprint density at radius 1 is 1.19 bits per heavy atom. The van der Waals surface area contributed by atoms with Gasteiger partial charge in [-0.3, -0.25) is 4.99 Å². The third-order valence-corrected chi connectivity index (χ3v) is 2.85. The third-order valence-electron chi connectivity index (χ3n) is 2.85. The van der Waals surface area contributed by atoms with E-state index in [4.69, 9.17) is 4.99 Å². The zero-order chi connectivity index (χ0) is 12.0. The molecule has 0 spiro atoms. The summed E-state index contributed by atoms with van der Waals surface area (Å²) in [5.41, 5.74) is 2.65. The van der Waals surface area contributed by atoms with Crippen molar-refractivity contribution in [1.29, 1.82) is 0 Å². The Morgan fingerprint density at radius 3 is 2.25 bits per heavy atom. The van der Waals surface area contributed by atoms with Crippen molar-refractivity contribution >= 4 is 5.71 Å². The maximum absolute atomic E-state index is 4.73. The molecule has 1 aromatic carbocycles. The minimum Gasteiger partial charge on any atom is -0.286 e. The second kappa shape index (κ2) is 6.47. The first-order chi connectivity index (χ1) is 7.77. The van der Waals surface area contributed by atoms with Crippen molar-refractivity contribution in [3.05, 3.63) is 35.9 Å². The van der Waals surface area contributed by atoms with Gasteiger partial charge in [0.25, 0.3) is 0 Å². The molecule has 0 unspecified atom stereocenters. The lowest BCUT2D eigenvalue weighted by Crippen LogP contribution is -1.98. The van der Waals surface area contributed by atoms with Gasteiger partial charge in [0.1, 0.15) is 0 Å². The number of aliphatic imine (C=N–C) groups is 1. The summed E-state index contributed by atoms with van der Waals surface area (Å²) in [5.74, 6) is 0.793. The molecule has 1 heteroatoms. The summed E-state index contributed by atoms with van der Waals surface area (Å²) >= 11 is 0. The molecule has 0 saturated heterocycles. The van der Waals surface area contributed by atoms with Crippen molar-refractivity contribution in [2.24, 2.45) is 10.9 Å². The highest BCUT2D eigenvalue weighted by atomic mass is 14.8. The van der Waals surface area contributed by atoms with Crippen LogP contribution in [-0.4, -0.2) is 5.71 Å². The monoisotopic (exact) mass is 217 g/mol. The van der Waals surface area contributed by atoms with Gasteiger partial charge < -0.3 is 0 Å². The van der Waals surface area contributed by atoms with Gasteiger partial charge in [-0.1, -0.05) is 44.2 Å². The minimum atomic E-state index is 0.316. The molecular weight excluding hydrogens is 194 g/mol. The first-order valence-corrected chi connectivity index (χ1v) is 6.36. The summed E-state index contributed by atoms with van der Waals surface area (Å²) in [6, 6.07) is 10.8. The van der Waals surface area contributed by atoms with E-state index < -0.39 is 0 Å². The Morgan fingerprint density at radius 2 is 1.75 bits per heavy atom. The average molecular weight is 217 g/mol. The van der Waals surface area contributed by atoms with Crippen LogP contribution in [0.1, 0.15) is 52.1 Å². The number of hydrogen-bond acceptors (Lipinski definition) is 1. The van der Waals surface area contributed by atoms with Gasteiger partial charge in [0, 0.05) is 5.71 Å². The van der Waals surface area contributed by atoms with Crippen molar-refractivity contribution < 1.29 is 0 Å². The molecule has 1 aliphatic carbocycles. The van der Waals surface area contributed by atoms with Crippen molar-refractivity contribution in [3.63, 3.8) is 0 Å². The predicted molar refractivity (Wildman–Crippen MR) is 72.0 cm³/mol. The van der Waals surface area contributed by atoms with E-state index in [2.05, 4.69) is 38.1 Å². The molecule has 88 valence electrons.